The van der Waals surface area contributed by atoms with Gasteiger partial charge in [0.05, 0.1) is 12.9 Å². The second-order valence-electron chi connectivity index (χ2n) is 4.18. The lowest BCUT2D eigenvalue weighted by Gasteiger charge is -2.28. The molecule has 2 heterocycles. The van der Waals surface area contributed by atoms with Crippen molar-refractivity contribution in [3.8, 4) is 0 Å². The summed E-state index contributed by atoms with van der Waals surface area (Å²) in [7, 11) is 0. The fourth-order valence-electron chi connectivity index (χ4n) is 2.50. The maximum Gasteiger partial charge on any atom is 0.332 e. The van der Waals surface area contributed by atoms with Crippen LogP contribution < -0.4 is 0 Å². The van der Waals surface area contributed by atoms with Gasteiger partial charge >= 0.3 is 5.97 Å². The second-order valence-corrected chi connectivity index (χ2v) is 4.18. The zero-order chi connectivity index (χ0) is 11.8. The van der Waals surface area contributed by atoms with Gasteiger partial charge in [-0.3, -0.25) is 4.79 Å². The van der Waals surface area contributed by atoms with Crippen molar-refractivity contribution < 1.29 is 18.7 Å². The van der Waals surface area contributed by atoms with Gasteiger partial charge in [-0.15, -0.1) is 0 Å². The monoisotopic (exact) mass is 227 g/mol. The summed E-state index contributed by atoms with van der Waals surface area (Å²) < 4.78 is 17.5. The highest BCUT2D eigenvalue weighted by atomic mass is 19.1. The first kappa shape index (κ1) is 11.1. The van der Waals surface area contributed by atoms with Gasteiger partial charge in [0.15, 0.2) is 0 Å². The van der Waals surface area contributed by atoms with Gasteiger partial charge in [0.2, 0.25) is 5.91 Å². The van der Waals surface area contributed by atoms with Crippen LogP contribution in [0.15, 0.2) is 11.9 Å². The molecule has 0 bridgehead atoms. The van der Waals surface area contributed by atoms with Crippen LogP contribution in [-0.4, -0.2) is 35.5 Å². The van der Waals surface area contributed by atoms with E-state index in [0.29, 0.717) is 24.7 Å². The highest BCUT2D eigenvalue weighted by molar-refractivity contribution is 5.93. The van der Waals surface area contributed by atoms with Crippen LogP contribution >= 0.6 is 0 Å². The molecule has 1 atom stereocenters. The fourth-order valence-corrected chi connectivity index (χ4v) is 2.50. The SMILES string of the molecule is CCOC(=O)C12CCC(=O)N1C/C(=C/F)C2. The summed E-state index contributed by atoms with van der Waals surface area (Å²) in [5, 5.41) is 0. The zero-order valence-corrected chi connectivity index (χ0v) is 9.16. The molecule has 2 rings (SSSR count). The molecule has 2 aliphatic heterocycles. The summed E-state index contributed by atoms with van der Waals surface area (Å²) >= 11 is 0. The Labute approximate surface area is 93.0 Å². The van der Waals surface area contributed by atoms with Crippen LogP contribution in [0.1, 0.15) is 26.2 Å². The Morgan fingerprint density at radius 2 is 2.44 bits per heavy atom. The Morgan fingerprint density at radius 1 is 1.69 bits per heavy atom. The summed E-state index contributed by atoms with van der Waals surface area (Å²) in [6.07, 6.45) is 1.54. The number of amides is 1. The number of ether oxygens (including phenoxy) is 1. The minimum atomic E-state index is -0.926. The molecule has 2 aliphatic rings. The molecule has 0 aliphatic carbocycles. The third kappa shape index (κ3) is 1.42. The molecule has 0 spiro atoms. The van der Waals surface area contributed by atoms with E-state index in [1.165, 1.54) is 4.90 Å². The van der Waals surface area contributed by atoms with Crippen LogP contribution in [0, 0.1) is 0 Å². The van der Waals surface area contributed by atoms with Gasteiger partial charge in [-0.2, -0.15) is 0 Å². The van der Waals surface area contributed by atoms with E-state index < -0.39 is 11.5 Å². The summed E-state index contributed by atoms with van der Waals surface area (Å²) in [4.78, 5) is 24.9. The molecule has 0 saturated carbocycles. The van der Waals surface area contributed by atoms with Crippen molar-refractivity contribution >= 4 is 11.9 Å². The van der Waals surface area contributed by atoms with Crippen molar-refractivity contribution in [2.24, 2.45) is 0 Å². The van der Waals surface area contributed by atoms with Crippen molar-refractivity contribution in [1.29, 1.82) is 0 Å². The second kappa shape index (κ2) is 3.88. The highest BCUT2D eigenvalue weighted by Crippen LogP contribution is 2.42. The van der Waals surface area contributed by atoms with Gasteiger partial charge in [-0.25, -0.2) is 9.18 Å². The first-order valence-electron chi connectivity index (χ1n) is 5.40. The van der Waals surface area contributed by atoms with Crippen molar-refractivity contribution in [3.63, 3.8) is 0 Å². The number of rotatable bonds is 2. The number of hydrogen-bond donors (Lipinski definition) is 0. The maximum atomic E-state index is 12.5. The molecular formula is C11H14FNO3. The molecule has 16 heavy (non-hydrogen) atoms. The molecule has 2 fully saturated rings. The van der Waals surface area contributed by atoms with Gasteiger partial charge in [-0.1, -0.05) is 0 Å². The Bertz CT molecular complexity index is 366. The van der Waals surface area contributed by atoms with Gasteiger partial charge in [0.1, 0.15) is 5.54 Å². The quantitative estimate of drug-likeness (QED) is 0.665. The largest absolute Gasteiger partial charge is 0.464 e. The average Bonchev–Trinajstić information content (AvgIpc) is 2.78. The molecule has 1 unspecified atom stereocenters. The van der Waals surface area contributed by atoms with Crippen LogP contribution in [-0.2, 0) is 14.3 Å². The van der Waals surface area contributed by atoms with Crippen molar-refractivity contribution in [2.45, 2.75) is 31.7 Å². The predicted molar refractivity (Wildman–Crippen MR) is 54.1 cm³/mol. The lowest BCUT2D eigenvalue weighted by molar-refractivity contribution is -0.157. The number of esters is 1. The lowest BCUT2D eigenvalue weighted by Crippen LogP contribution is -2.48. The number of fused-ring (bicyclic) bond motifs is 1. The average molecular weight is 227 g/mol. The van der Waals surface area contributed by atoms with Crippen LogP contribution in [0.3, 0.4) is 0 Å². The predicted octanol–water partition coefficient (Wildman–Crippen LogP) is 1.17. The number of carbonyl (C=O) groups is 2. The minimum absolute atomic E-state index is 0.0927. The summed E-state index contributed by atoms with van der Waals surface area (Å²) in [5.74, 6) is -0.498. The molecule has 88 valence electrons. The van der Waals surface area contributed by atoms with Gasteiger partial charge in [-0.05, 0) is 18.9 Å². The molecular weight excluding hydrogens is 213 g/mol. The van der Waals surface area contributed by atoms with Gasteiger partial charge in [0.25, 0.3) is 0 Å². The summed E-state index contributed by atoms with van der Waals surface area (Å²) in [6.45, 7) is 2.21. The van der Waals surface area contributed by atoms with Gasteiger partial charge in [0, 0.05) is 19.4 Å². The summed E-state index contributed by atoms with van der Waals surface area (Å²) in [6, 6.07) is 0. The molecule has 0 aromatic heterocycles. The zero-order valence-electron chi connectivity index (χ0n) is 9.16. The van der Waals surface area contributed by atoms with Gasteiger partial charge < -0.3 is 9.64 Å². The van der Waals surface area contributed by atoms with Crippen LogP contribution in [0.5, 0.6) is 0 Å². The number of hydrogen-bond acceptors (Lipinski definition) is 3. The fraction of sp³-hybridized carbons (Fsp3) is 0.636. The molecule has 0 aromatic carbocycles. The Kier molecular flexibility index (Phi) is 2.69. The summed E-state index contributed by atoms with van der Waals surface area (Å²) in [5.41, 5.74) is -0.438. The van der Waals surface area contributed by atoms with Crippen LogP contribution in [0.25, 0.3) is 0 Å². The first-order valence-corrected chi connectivity index (χ1v) is 5.40. The minimum Gasteiger partial charge on any atom is -0.464 e. The molecule has 0 aromatic rings. The third-order valence-electron chi connectivity index (χ3n) is 3.26. The molecule has 0 radical (unpaired) electrons. The van der Waals surface area contributed by atoms with Crippen molar-refractivity contribution in [3.05, 3.63) is 11.9 Å². The number of halogens is 1. The highest BCUT2D eigenvalue weighted by Gasteiger charge is 2.56. The van der Waals surface area contributed by atoms with E-state index in [4.69, 9.17) is 4.74 Å². The Balaban J connectivity index is 2.29. The van der Waals surface area contributed by atoms with E-state index in [-0.39, 0.29) is 25.5 Å². The van der Waals surface area contributed by atoms with E-state index in [9.17, 15) is 14.0 Å². The standard InChI is InChI=1S/C11H14FNO3/c1-2-16-10(15)11-4-3-9(14)13(11)7-8(5-11)6-12/h6H,2-5,7H2,1H3/b8-6+. The van der Waals surface area contributed by atoms with Crippen molar-refractivity contribution in [2.75, 3.05) is 13.2 Å². The maximum absolute atomic E-state index is 12.5. The normalized spacial score (nSPS) is 31.0. The Morgan fingerprint density at radius 3 is 3.06 bits per heavy atom. The number of nitrogens with zero attached hydrogens (tertiary/aromatic N) is 1. The smallest absolute Gasteiger partial charge is 0.332 e. The first-order chi connectivity index (χ1) is 7.64. The lowest BCUT2D eigenvalue weighted by atomic mass is 9.93. The molecule has 5 heteroatoms. The van der Waals surface area contributed by atoms with Crippen LogP contribution in [0.4, 0.5) is 4.39 Å². The van der Waals surface area contributed by atoms with E-state index in [1.807, 2.05) is 0 Å². The van der Waals surface area contributed by atoms with Crippen LogP contribution in [0.2, 0.25) is 0 Å². The third-order valence-corrected chi connectivity index (χ3v) is 3.26. The van der Waals surface area contributed by atoms with E-state index in [2.05, 4.69) is 0 Å². The van der Waals surface area contributed by atoms with E-state index >= 15 is 0 Å². The molecule has 1 amide bonds. The molecule has 2 saturated heterocycles. The Hall–Kier alpha value is -1.39. The number of carbonyl (C=O) groups excluding carboxylic acids is 2. The molecule has 4 nitrogen and oxygen atoms in total. The van der Waals surface area contributed by atoms with Crippen molar-refractivity contribution in [1.82, 2.24) is 4.90 Å². The van der Waals surface area contributed by atoms with E-state index in [1.54, 1.807) is 6.92 Å². The topological polar surface area (TPSA) is 46.6 Å². The van der Waals surface area contributed by atoms with E-state index in [0.717, 1.165) is 0 Å². The molecule has 0 N–H and O–H groups in total.